The van der Waals surface area contributed by atoms with Crippen LogP contribution in [0, 0.1) is 5.92 Å². The van der Waals surface area contributed by atoms with Gasteiger partial charge in [-0.25, -0.2) is 0 Å². The van der Waals surface area contributed by atoms with E-state index in [0.717, 1.165) is 25.9 Å². The van der Waals surface area contributed by atoms with Gasteiger partial charge >= 0.3 is 0 Å². The molecule has 2 unspecified atom stereocenters. The van der Waals surface area contributed by atoms with Crippen molar-refractivity contribution in [2.75, 3.05) is 6.54 Å². The number of aryl methyl sites for hydroxylation is 1. The lowest BCUT2D eigenvalue weighted by molar-refractivity contribution is 0.131. The minimum absolute atomic E-state index is 0.0787. The Bertz CT molecular complexity index is 333. The summed E-state index contributed by atoms with van der Waals surface area (Å²) in [4.78, 5) is 0. The third-order valence-electron chi connectivity index (χ3n) is 3.79. The molecule has 2 heteroatoms. The van der Waals surface area contributed by atoms with Crippen molar-refractivity contribution in [2.24, 2.45) is 5.92 Å². The van der Waals surface area contributed by atoms with Gasteiger partial charge in [-0.15, -0.1) is 0 Å². The molecule has 1 fully saturated rings. The van der Waals surface area contributed by atoms with Crippen LogP contribution in [0.1, 0.15) is 37.3 Å². The lowest BCUT2D eigenvalue weighted by Crippen LogP contribution is -2.27. The molecule has 0 aliphatic heterocycles. The van der Waals surface area contributed by atoms with Crippen LogP contribution in [-0.2, 0) is 13.0 Å². The topological polar surface area (TPSA) is 32.3 Å². The SMILES string of the molecule is CCc1ccc(CNCC2CCCC2O)cc1. The van der Waals surface area contributed by atoms with Crippen LogP contribution in [0.5, 0.6) is 0 Å². The number of benzene rings is 1. The van der Waals surface area contributed by atoms with Crippen molar-refractivity contribution < 1.29 is 5.11 Å². The molecule has 94 valence electrons. The van der Waals surface area contributed by atoms with Crippen molar-refractivity contribution >= 4 is 0 Å². The van der Waals surface area contributed by atoms with Crippen LogP contribution in [0.15, 0.2) is 24.3 Å². The summed E-state index contributed by atoms with van der Waals surface area (Å²) < 4.78 is 0. The minimum atomic E-state index is -0.0787. The number of hydrogen-bond donors (Lipinski definition) is 2. The third kappa shape index (κ3) is 3.55. The monoisotopic (exact) mass is 233 g/mol. The molecule has 0 amide bonds. The van der Waals surface area contributed by atoms with Crippen LogP contribution < -0.4 is 5.32 Å². The minimum Gasteiger partial charge on any atom is -0.393 e. The highest BCUT2D eigenvalue weighted by Gasteiger charge is 2.24. The molecular formula is C15H23NO. The highest BCUT2D eigenvalue weighted by atomic mass is 16.3. The summed E-state index contributed by atoms with van der Waals surface area (Å²) in [5.74, 6) is 0.463. The smallest absolute Gasteiger partial charge is 0.0580 e. The molecule has 17 heavy (non-hydrogen) atoms. The molecule has 1 aliphatic carbocycles. The van der Waals surface area contributed by atoms with E-state index >= 15 is 0 Å². The van der Waals surface area contributed by atoms with Crippen LogP contribution in [-0.4, -0.2) is 17.8 Å². The van der Waals surface area contributed by atoms with E-state index in [2.05, 4.69) is 36.5 Å². The Morgan fingerprint density at radius 1 is 1.18 bits per heavy atom. The van der Waals surface area contributed by atoms with E-state index in [1.165, 1.54) is 24.0 Å². The quantitative estimate of drug-likeness (QED) is 0.819. The maximum Gasteiger partial charge on any atom is 0.0580 e. The van der Waals surface area contributed by atoms with E-state index in [-0.39, 0.29) is 6.10 Å². The van der Waals surface area contributed by atoms with Crippen molar-refractivity contribution in [3.8, 4) is 0 Å². The van der Waals surface area contributed by atoms with Gasteiger partial charge in [0.2, 0.25) is 0 Å². The van der Waals surface area contributed by atoms with Gasteiger partial charge in [0, 0.05) is 13.1 Å². The summed E-state index contributed by atoms with van der Waals surface area (Å²) >= 11 is 0. The van der Waals surface area contributed by atoms with Gasteiger partial charge in [-0.1, -0.05) is 37.6 Å². The summed E-state index contributed by atoms with van der Waals surface area (Å²) in [5.41, 5.74) is 2.72. The van der Waals surface area contributed by atoms with Crippen molar-refractivity contribution in [3.05, 3.63) is 35.4 Å². The number of nitrogens with one attached hydrogen (secondary N) is 1. The van der Waals surface area contributed by atoms with Crippen molar-refractivity contribution in [2.45, 2.75) is 45.3 Å². The Balaban J connectivity index is 1.73. The molecule has 0 spiro atoms. The number of aliphatic hydroxyl groups excluding tert-OH is 1. The van der Waals surface area contributed by atoms with Crippen molar-refractivity contribution in [1.82, 2.24) is 5.32 Å². The average Bonchev–Trinajstić information content (AvgIpc) is 2.76. The van der Waals surface area contributed by atoms with Gasteiger partial charge in [0.15, 0.2) is 0 Å². The predicted octanol–water partition coefficient (Wildman–Crippen LogP) is 2.50. The zero-order chi connectivity index (χ0) is 12.1. The Kier molecular flexibility index (Phi) is 4.57. The summed E-state index contributed by atoms with van der Waals surface area (Å²) in [7, 11) is 0. The number of hydrogen-bond acceptors (Lipinski definition) is 2. The molecule has 2 nitrogen and oxygen atoms in total. The number of aliphatic hydroxyl groups is 1. The maximum atomic E-state index is 9.71. The first-order valence-electron chi connectivity index (χ1n) is 6.76. The van der Waals surface area contributed by atoms with Gasteiger partial charge in [0.1, 0.15) is 0 Å². The summed E-state index contributed by atoms with van der Waals surface area (Å²) in [6.45, 7) is 4.03. The highest BCUT2D eigenvalue weighted by Crippen LogP contribution is 2.24. The lowest BCUT2D eigenvalue weighted by atomic mass is 10.1. The van der Waals surface area contributed by atoms with Crippen LogP contribution in [0.25, 0.3) is 0 Å². The van der Waals surface area contributed by atoms with E-state index in [4.69, 9.17) is 0 Å². The third-order valence-corrected chi connectivity index (χ3v) is 3.79. The Morgan fingerprint density at radius 2 is 1.88 bits per heavy atom. The average molecular weight is 233 g/mol. The van der Waals surface area contributed by atoms with Gasteiger partial charge < -0.3 is 10.4 Å². The van der Waals surface area contributed by atoms with E-state index in [1.807, 2.05) is 0 Å². The van der Waals surface area contributed by atoms with Crippen LogP contribution in [0.2, 0.25) is 0 Å². The molecule has 0 heterocycles. The van der Waals surface area contributed by atoms with Gasteiger partial charge in [-0.05, 0) is 36.3 Å². The van der Waals surface area contributed by atoms with Gasteiger partial charge in [-0.3, -0.25) is 0 Å². The molecule has 1 aromatic carbocycles. The molecule has 0 radical (unpaired) electrons. The highest BCUT2D eigenvalue weighted by molar-refractivity contribution is 5.22. The van der Waals surface area contributed by atoms with Crippen molar-refractivity contribution in [3.63, 3.8) is 0 Å². The normalized spacial score (nSPS) is 24.1. The van der Waals surface area contributed by atoms with Gasteiger partial charge in [-0.2, -0.15) is 0 Å². The van der Waals surface area contributed by atoms with E-state index in [1.54, 1.807) is 0 Å². The van der Waals surface area contributed by atoms with E-state index in [0.29, 0.717) is 5.92 Å². The molecule has 2 rings (SSSR count). The second-order valence-corrected chi connectivity index (χ2v) is 5.06. The summed E-state index contributed by atoms with van der Waals surface area (Å²) in [5, 5.41) is 13.2. The zero-order valence-corrected chi connectivity index (χ0v) is 10.7. The van der Waals surface area contributed by atoms with E-state index < -0.39 is 0 Å². The molecule has 1 saturated carbocycles. The van der Waals surface area contributed by atoms with Gasteiger partial charge in [0.25, 0.3) is 0 Å². The molecule has 2 atom stereocenters. The Labute approximate surface area is 104 Å². The first-order valence-corrected chi connectivity index (χ1v) is 6.76. The predicted molar refractivity (Wildman–Crippen MR) is 70.9 cm³/mol. The fourth-order valence-electron chi connectivity index (χ4n) is 2.55. The second-order valence-electron chi connectivity index (χ2n) is 5.06. The van der Waals surface area contributed by atoms with Crippen LogP contribution >= 0.6 is 0 Å². The molecule has 0 aromatic heterocycles. The van der Waals surface area contributed by atoms with Crippen LogP contribution in [0.4, 0.5) is 0 Å². The first-order chi connectivity index (χ1) is 8.29. The Hall–Kier alpha value is -0.860. The van der Waals surface area contributed by atoms with E-state index in [9.17, 15) is 5.11 Å². The van der Waals surface area contributed by atoms with Gasteiger partial charge in [0.05, 0.1) is 6.10 Å². The number of rotatable bonds is 5. The lowest BCUT2D eigenvalue weighted by Gasteiger charge is -2.15. The Morgan fingerprint density at radius 3 is 2.47 bits per heavy atom. The maximum absolute atomic E-state index is 9.71. The van der Waals surface area contributed by atoms with Crippen molar-refractivity contribution in [1.29, 1.82) is 0 Å². The molecule has 1 aliphatic rings. The second kappa shape index (κ2) is 6.18. The fraction of sp³-hybridized carbons (Fsp3) is 0.600. The largest absolute Gasteiger partial charge is 0.393 e. The molecule has 1 aromatic rings. The summed E-state index contributed by atoms with van der Waals surface area (Å²) in [6.07, 6.45) is 4.35. The fourth-order valence-corrected chi connectivity index (χ4v) is 2.55. The molecular weight excluding hydrogens is 210 g/mol. The zero-order valence-electron chi connectivity index (χ0n) is 10.7. The summed E-state index contributed by atoms with van der Waals surface area (Å²) in [6, 6.07) is 8.77. The molecule has 2 N–H and O–H groups in total. The van der Waals surface area contributed by atoms with Crippen LogP contribution in [0.3, 0.4) is 0 Å². The molecule has 0 saturated heterocycles. The standard InChI is InChI=1S/C15H23NO/c1-2-12-6-8-13(9-7-12)10-16-11-14-4-3-5-15(14)17/h6-9,14-17H,2-5,10-11H2,1H3. The first kappa shape index (κ1) is 12.6. The molecule has 0 bridgehead atoms.